The Morgan fingerprint density at radius 1 is 1.09 bits per heavy atom. The number of pyridine rings is 1. The third-order valence-electron chi connectivity index (χ3n) is 8.38. The van der Waals surface area contributed by atoms with Gasteiger partial charge in [-0.15, -0.1) is 0 Å². The summed E-state index contributed by atoms with van der Waals surface area (Å²) in [6.45, 7) is 2.15. The van der Waals surface area contributed by atoms with Crippen molar-refractivity contribution in [1.82, 2.24) is 19.8 Å². The van der Waals surface area contributed by atoms with Crippen molar-refractivity contribution in [3.8, 4) is 0 Å². The van der Waals surface area contributed by atoms with Gasteiger partial charge in [0.1, 0.15) is 5.82 Å². The zero-order chi connectivity index (χ0) is 23.3. The normalized spacial score (nSPS) is 27.6. The lowest BCUT2D eigenvalue weighted by Gasteiger charge is -2.56. The van der Waals surface area contributed by atoms with Crippen molar-refractivity contribution in [2.75, 3.05) is 13.6 Å². The first-order valence-electron chi connectivity index (χ1n) is 12.6. The fraction of sp³-hybridized carbons (Fsp3) is 0.500. The number of hydrogen-bond donors (Lipinski definition) is 1. The molecule has 178 valence electrons. The van der Waals surface area contributed by atoms with E-state index in [-0.39, 0.29) is 11.7 Å². The number of carbonyl (C=O) groups excluding carboxylic acids is 1. The Hall–Kier alpha value is -2.73. The number of hydrogen-bond acceptors (Lipinski definition) is 3. The lowest BCUT2D eigenvalue weighted by atomic mass is 9.49. The molecule has 34 heavy (non-hydrogen) atoms. The lowest BCUT2D eigenvalue weighted by molar-refractivity contribution is -0.0503. The number of amides is 1. The van der Waals surface area contributed by atoms with Crippen molar-refractivity contribution in [2.24, 2.45) is 23.2 Å². The average Bonchev–Trinajstić information content (AvgIpc) is 3.20. The van der Waals surface area contributed by atoms with Gasteiger partial charge in [-0.1, -0.05) is 12.1 Å². The number of benzene rings is 1. The highest BCUT2D eigenvalue weighted by molar-refractivity contribution is 6.00. The van der Waals surface area contributed by atoms with Crippen molar-refractivity contribution in [3.05, 3.63) is 71.3 Å². The van der Waals surface area contributed by atoms with Crippen molar-refractivity contribution < 1.29 is 9.18 Å². The minimum Gasteiger partial charge on any atom is -0.351 e. The van der Waals surface area contributed by atoms with Crippen LogP contribution in [0.4, 0.5) is 4.39 Å². The van der Waals surface area contributed by atoms with Crippen LogP contribution < -0.4 is 5.32 Å². The van der Waals surface area contributed by atoms with Gasteiger partial charge >= 0.3 is 0 Å². The highest BCUT2D eigenvalue weighted by atomic mass is 19.1. The molecule has 4 saturated carbocycles. The summed E-state index contributed by atoms with van der Waals surface area (Å²) in [4.78, 5) is 15.4. The Labute approximate surface area is 200 Å². The minimum atomic E-state index is -0.222. The molecule has 1 aromatic carbocycles. The summed E-state index contributed by atoms with van der Waals surface area (Å²) in [6, 6.07) is 12.4. The van der Waals surface area contributed by atoms with E-state index in [1.54, 1.807) is 4.52 Å². The van der Waals surface area contributed by atoms with Crippen LogP contribution in [0.15, 0.2) is 48.7 Å². The van der Waals surface area contributed by atoms with Crippen molar-refractivity contribution in [2.45, 2.75) is 51.6 Å². The Kier molecular flexibility index (Phi) is 5.44. The maximum Gasteiger partial charge on any atom is 0.253 e. The predicted octanol–water partition coefficient (Wildman–Crippen LogP) is 5.05. The maximum atomic E-state index is 13.3. The second kappa shape index (κ2) is 8.49. The Morgan fingerprint density at radius 3 is 2.44 bits per heavy atom. The van der Waals surface area contributed by atoms with E-state index in [4.69, 9.17) is 5.10 Å². The molecule has 4 aliphatic carbocycles. The van der Waals surface area contributed by atoms with E-state index >= 15 is 0 Å². The SMILES string of the molecule is CN(Cc1ccc(F)cc1)Cc1cc2c(C(=O)NCC34CC5CC(CC(C5)C3)C4)cccn2n1. The van der Waals surface area contributed by atoms with E-state index in [0.717, 1.165) is 41.1 Å². The van der Waals surface area contributed by atoms with E-state index < -0.39 is 0 Å². The highest BCUT2D eigenvalue weighted by Crippen LogP contribution is 2.59. The van der Waals surface area contributed by atoms with E-state index in [0.29, 0.717) is 24.1 Å². The van der Waals surface area contributed by atoms with E-state index in [2.05, 4.69) is 10.2 Å². The number of nitrogens with zero attached hydrogens (tertiary/aromatic N) is 3. The fourth-order valence-corrected chi connectivity index (χ4v) is 7.44. The summed E-state index contributed by atoms with van der Waals surface area (Å²) in [6.07, 6.45) is 10.0. The molecule has 5 nitrogen and oxygen atoms in total. The van der Waals surface area contributed by atoms with E-state index in [1.807, 2.05) is 43.6 Å². The maximum absolute atomic E-state index is 13.3. The van der Waals surface area contributed by atoms with Crippen LogP contribution in [0.25, 0.3) is 5.52 Å². The molecule has 0 atom stereocenters. The molecule has 1 N–H and O–H groups in total. The molecular weight excluding hydrogens is 427 g/mol. The summed E-state index contributed by atoms with van der Waals surface area (Å²) in [5.74, 6) is 2.44. The monoisotopic (exact) mass is 460 g/mol. The van der Waals surface area contributed by atoms with Crippen molar-refractivity contribution in [1.29, 1.82) is 0 Å². The molecule has 4 aliphatic rings. The first-order chi connectivity index (χ1) is 16.4. The summed E-state index contributed by atoms with van der Waals surface area (Å²) < 4.78 is 15.0. The Morgan fingerprint density at radius 2 is 1.76 bits per heavy atom. The van der Waals surface area contributed by atoms with E-state index in [9.17, 15) is 9.18 Å². The van der Waals surface area contributed by atoms with Gasteiger partial charge in [0, 0.05) is 25.8 Å². The van der Waals surface area contributed by atoms with Crippen LogP contribution in [0, 0.1) is 29.0 Å². The molecule has 0 radical (unpaired) electrons. The van der Waals surface area contributed by atoms with Crippen molar-refractivity contribution in [3.63, 3.8) is 0 Å². The molecule has 6 heteroatoms. The average molecular weight is 461 g/mol. The van der Waals surface area contributed by atoms with Crippen LogP contribution in [-0.4, -0.2) is 34.0 Å². The van der Waals surface area contributed by atoms with Gasteiger partial charge in [-0.3, -0.25) is 9.69 Å². The van der Waals surface area contributed by atoms with Gasteiger partial charge < -0.3 is 5.32 Å². The van der Waals surface area contributed by atoms with Crippen LogP contribution in [0.2, 0.25) is 0 Å². The molecule has 7 rings (SSSR count). The summed E-state index contributed by atoms with van der Waals surface area (Å²) in [5, 5.41) is 8.02. The Balaban J connectivity index is 1.13. The number of halogens is 1. The number of aromatic nitrogens is 2. The second-order valence-electron chi connectivity index (χ2n) is 11.3. The van der Waals surface area contributed by atoms with Gasteiger partial charge in [-0.2, -0.15) is 5.10 Å². The van der Waals surface area contributed by atoms with Crippen LogP contribution >= 0.6 is 0 Å². The van der Waals surface area contributed by atoms with Crippen LogP contribution in [0.1, 0.15) is 60.1 Å². The standard InChI is InChI=1S/C28H33FN4O/c1-32(16-19-4-6-23(29)7-5-19)17-24-12-26-25(3-2-8-33(26)31-24)27(34)30-18-28-13-20-9-21(14-28)11-22(10-20)15-28/h2-8,12,20-22H,9-11,13-18H2,1H3,(H,30,34). The summed E-state index contributed by atoms with van der Waals surface area (Å²) >= 11 is 0. The zero-order valence-corrected chi connectivity index (χ0v) is 19.8. The van der Waals surface area contributed by atoms with Gasteiger partial charge in [-0.05, 0) is 105 Å². The second-order valence-corrected chi connectivity index (χ2v) is 11.3. The van der Waals surface area contributed by atoms with Gasteiger partial charge in [0.15, 0.2) is 0 Å². The molecule has 4 bridgehead atoms. The quantitative estimate of drug-likeness (QED) is 0.537. The molecule has 3 aromatic rings. The largest absolute Gasteiger partial charge is 0.351 e. The third kappa shape index (κ3) is 4.24. The number of nitrogens with one attached hydrogen (secondary N) is 1. The third-order valence-corrected chi connectivity index (χ3v) is 8.38. The van der Waals surface area contributed by atoms with Gasteiger partial charge in [0.2, 0.25) is 0 Å². The van der Waals surface area contributed by atoms with Gasteiger partial charge in [0.05, 0.1) is 16.8 Å². The van der Waals surface area contributed by atoms with Gasteiger partial charge in [-0.25, -0.2) is 8.91 Å². The Bertz CT molecular complexity index is 1170. The van der Waals surface area contributed by atoms with Crippen molar-refractivity contribution >= 4 is 11.4 Å². The molecule has 2 aromatic heterocycles. The van der Waals surface area contributed by atoms with Crippen LogP contribution in [-0.2, 0) is 13.1 Å². The van der Waals surface area contributed by atoms with Gasteiger partial charge in [0.25, 0.3) is 5.91 Å². The summed E-state index contributed by atoms with van der Waals surface area (Å²) in [7, 11) is 2.02. The summed E-state index contributed by atoms with van der Waals surface area (Å²) in [5.41, 5.74) is 3.82. The minimum absolute atomic E-state index is 0.00691. The zero-order valence-electron chi connectivity index (χ0n) is 19.8. The first kappa shape index (κ1) is 21.8. The highest BCUT2D eigenvalue weighted by Gasteiger charge is 2.50. The number of carbonyl (C=O) groups is 1. The molecule has 0 spiro atoms. The molecule has 0 unspecified atom stereocenters. The fourth-order valence-electron chi connectivity index (χ4n) is 7.44. The molecule has 0 saturated heterocycles. The molecule has 2 heterocycles. The molecular formula is C28H33FN4O. The topological polar surface area (TPSA) is 49.6 Å². The van der Waals surface area contributed by atoms with E-state index in [1.165, 1.54) is 50.7 Å². The molecule has 1 amide bonds. The molecule has 0 aliphatic heterocycles. The molecule has 4 fully saturated rings. The predicted molar refractivity (Wildman–Crippen MR) is 130 cm³/mol. The number of fused-ring (bicyclic) bond motifs is 1. The lowest BCUT2D eigenvalue weighted by Crippen LogP contribution is -2.51. The smallest absolute Gasteiger partial charge is 0.253 e. The number of rotatable bonds is 7. The van der Waals surface area contributed by atoms with Crippen LogP contribution in [0.3, 0.4) is 0 Å². The first-order valence-corrected chi connectivity index (χ1v) is 12.6. The van der Waals surface area contributed by atoms with Crippen LogP contribution in [0.5, 0.6) is 0 Å².